The maximum absolute atomic E-state index is 12.0. The molecule has 1 amide bonds. The minimum Gasteiger partial charge on any atom is -0.299 e. The second kappa shape index (κ2) is 9.28. The highest BCUT2D eigenvalue weighted by Crippen LogP contribution is 2.01. The lowest BCUT2D eigenvalue weighted by atomic mass is 10.1. The van der Waals surface area contributed by atoms with Crippen molar-refractivity contribution in [3.05, 3.63) is 65.7 Å². The molecule has 2 aromatic rings. The van der Waals surface area contributed by atoms with Crippen LogP contribution < -0.4 is 16.1 Å². The molecule has 2 rings (SSSR count). The smallest absolute Gasteiger partial charge is 0.260 e. The van der Waals surface area contributed by atoms with Gasteiger partial charge in [-0.05, 0) is 17.8 Å². The van der Waals surface area contributed by atoms with Crippen molar-refractivity contribution in [1.82, 2.24) is 10.8 Å². The molecule has 2 N–H and O–H groups in total. The van der Waals surface area contributed by atoms with Crippen LogP contribution in [0.1, 0.15) is 22.8 Å². The average molecular weight is 344 g/mol. The van der Waals surface area contributed by atoms with E-state index in [0.29, 0.717) is 5.56 Å². The minimum absolute atomic E-state index is 0.0614. The highest BCUT2D eigenvalue weighted by atomic mass is 31.0. The molecule has 0 fully saturated rings. The average Bonchev–Trinajstić information content (AvgIpc) is 2.61. The van der Waals surface area contributed by atoms with Crippen molar-refractivity contribution in [1.29, 1.82) is 0 Å². The molecule has 0 aliphatic heterocycles. The molecule has 0 spiro atoms. The van der Waals surface area contributed by atoms with E-state index < -0.39 is 6.04 Å². The van der Waals surface area contributed by atoms with Gasteiger partial charge in [0.15, 0.2) is 5.78 Å². The van der Waals surface area contributed by atoms with Crippen LogP contribution in [0, 0.1) is 0 Å². The molecule has 0 aliphatic rings. The summed E-state index contributed by atoms with van der Waals surface area (Å²) in [5.41, 5.74) is 3.97. The predicted octanol–water partition coefficient (Wildman–Crippen LogP) is 1.60. The Morgan fingerprint density at radius 2 is 1.75 bits per heavy atom. The van der Waals surface area contributed by atoms with E-state index in [2.05, 4.69) is 20.0 Å². The van der Waals surface area contributed by atoms with Gasteiger partial charge in [-0.15, -0.1) is 9.24 Å². The third-order valence-electron chi connectivity index (χ3n) is 3.45. The maximum Gasteiger partial charge on any atom is 0.260 e. The first kappa shape index (κ1) is 18.3. The number of carbonyl (C=O) groups excluding carboxylic acids is 2. The molecule has 0 heterocycles. The number of amides is 1. The number of carbonyl (C=O) groups is 2. The van der Waals surface area contributed by atoms with Crippen molar-refractivity contribution in [2.24, 2.45) is 0 Å². The Morgan fingerprint density at radius 1 is 1.08 bits per heavy atom. The van der Waals surface area contributed by atoms with E-state index in [1.165, 1.54) is 0 Å². The zero-order chi connectivity index (χ0) is 17.4. The fraction of sp³-hybridized carbons (Fsp3) is 0.222. The van der Waals surface area contributed by atoms with Gasteiger partial charge >= 0.3 is 0 Å². The van der Waals surface area contributed by atoms with E-state index in [-0.39, 0.29) is 24.8 Å². The first-order chi connectivity index (χ1) is 11.6. The van der Waals surface area contributed by atoms with Crippen LogP contribution >= 0.6 is 9.24 Å². The van der Waals surface area contributed by atoms with Crippen LogP contribution in [0.2, 0.25) is 0 Å². The molecule has 24 heavy (non-hydrogen) atoms. The lowest BCUT2D eigenvalue weighted by Gasteiger charge is -2.13. The number of hydrogen-bond donors (Lipinski definition) is 2. The molecule has 0 aliphatic carbocycles. The first-order valence-electron chi connectivity index (χ1n) is 7.64. The quantitative estimate of drug-likeness (QED) is 0.434. The van der Waals surface area contributed by atoms with Gasteiger partial charge in [0.25, 0.3) is 5.91 Å². The van der Waals surface area contributed by atoms with Crippen molar-refractivity contribution in [3.8, 4) is 0 Å². The van der Waals surface area contributed by atoms with Gasteiger partial charge in [-0.1, -0.05) is 54.6 Å². The lowest BCUT2D eigenvalue weighted by molar-refractivity contribution is -0.136. The molecule has 6 heteroatoms. The predicted molar refractivity (Wildman–Crippen MR) is 97.0 cm³/mol. The molecule has 126 valence electrons. The zero-order valence-corrected chi connectivity index (χ0v) is 14.6. The highest BCUT2D eigenvalue weighted by Gasteiger charge is 2.14. The van der Waals surface area contributed by atoms with Crippen molar-refractivity contribution in [2.75, 3.05) is 6.54 Å². The Bertz CT molecular complexity index is 674. The molecular formula is C18H21N2O3P. The summed E-state index contributed by atoms with van der Waals surface area (Å²) < 4.78 is 0. The molecule has 2 atom stereocenters. The molecule has 0 radical (unpaired) electrons. The number of benzene rings is 2. The van der Waals surface area contributed by atoms with Gasteiger partial charge < -0.3 is 0 Å². The standard InChI is InChI=1S/C18H21N2O3P/c1-13(19-11-17(21)15-5-3-2-4-6-15)18(22)20-23-12-14-7-9-16(24)10-8-14/h2-10,13,19H,11-12,24H2,1H3,(H,20,22). The van der Waals surface area contributed by atoms with Gasteiger partial charge in [-0.3, -0.25) is 19.7 Å². The van der Waals surface area contributed by atoms with E-state index in [1.54, 1.807) is 31.2 Å². The number of rotatable bonds is 8. The Labute approximate surface area is 143 Å². The number of Topliss-reactive ketones (excluding diaryl/α,β-unsaturated/α-hetero) is 1. The van der Waals surface area contributed by atoms with Crippen molar-refractivity contribution >= 4 is 26.2 Å². The summed E-state index contributed by atoms with van der Waals surface area (Å²) in [5, 5.41) is 3.98. The Kier molecular flexibility index (Phi) is 7.07. The van der Waals surface area contributed by atoms with Gasteiger partial charge in [-0.25, -0.2) is 5.48 Å². The van der Waals surface area contributed by atoms with Crippen LogP contribution in [-0.4, -0.2) is 24.3 Å². The Morgan fingerprint density at radius 3 is 2.42 bits per heavy atom. The molecule has 2 unspecified atom stereocenters. The van der Waals surface area contributed by atoms with Gasteiger partial charge in [0.2, 0.25) is 0 Å². The van der Waals surface area contributed by atoms with Crippen molar-refractivity contribution < 1.29 is 14.4 Å². The normalized spacial score (nSPS) is 11.8. The highest BCUT2D eigenvalue weighted by molar-refractivity contribution is 7.27. The van der Waals surface area contributed by atoms with E-state index in [1.807, 2.05) is 30.3 Å². The van der Waals surface area contributed by atoms with Crippen LogP contribution in [-0.2, 0) is 16.2 Å². The molecule has 0 saturated carbocycles. The van der Waals surface area contributed by atoms with Crippen LogP contribution in [0.15, 0.2) is 54.6 Å². The van der Waals surface area contributed by atoms with E-state index in [9.17, 15) is 9.59 Å². The third kappa shape index (κ3) is 5.85. The second-order valence-electron chi connectivity index (χ2n) is 5.39. The molecule has 0 bridgehead atoms. The summed E-state index contributed by atoms with van der Waals surface area (Å²) in [7, 11) is 2.61. The second-order valence-corrected chi connectivity index (χ2v) is 6.06. The van der Waals surface area contributed by atoms with Gasteiger partial charge in [0.05, 0.1) is 19.2 Å². The summed E-state index contributed by atoms with van der Waals surface area (Å²) in [5.74, 6) is -0.382. The summed E-state index contributed by atoms with van der Waals surface area (Å²) in [6.07, 6.45) is 0. The fourth-order valence-electron chi connectivity index (χ4n) is 1.96. The van der Waals surface area contributed by atoms with Gasteiger partial charge in [0.1, 0.15) is 0 Å². The summed E-state index contributed by atoms with van der Waals surface area (Å²) in [6.45, 7) is 2.06. The summed E-state index contributed by atoms with van der Waals surface area (Å²) >= 11 is 0. The zero-order valence-electron chi connectivity index (χ0n) is 13.5. The molecule has 5 nitrogen and oxygen atoms in total. The SMILES string of the molecule is CC(NCC(=O)c1ccccc1)C(=O)NOCc1ccc(P)cc1. The van der Waals surface area contributed by atoms with Crippen LogP contribution in [0.3, 0.4) is 0 Å². The largest absolute Gasteiger partial charge is 0.299 e. The first-order valence-corrected chi connectivity index (χ1v) is 8.21. The van der Waals surface area contributed by atoms with E-state index in [0.717, 1.165) is 10.9 Å². The molecular weight excluding hydrogens is 323 g/mol. The number of hydrogen-bond acceptors (Lipinski definition) is 4. The lowest BCUT2D eigenvalue weighted by Crippen LogP contribution is -2.43. The maximum atomic E-state index is 12.0. The summed E-state index contributed by atoms with van der Waals surface area (Å²) in [6, 6.07) is 16.2. The van der Waals surface area contributed by atoms with Crippen LogP contribution in [0.5, 0.6) is 0 Å². The Balaban J connectivity index is 1.70. The van der Waals surface area contributed by atoms with Crippen LogP contribution in [0.25, 0.3) is 0 Å². The van der Waals surface area contributed by atoms with Gasteiger partial charge in [-0.2, -0.15) is 0 Å². The number of ketones is 1. The number of nitrogens with one attached hydrogen (secondary N) is 2. The molecule has 2 aromatic carbocycles. The molecule has 0 aromatic heterocycles. The summed E-state index contributed by atoms with van der Waals surface area (Å²) in [4.78, 5) is 29.1. The fourth-order valence-corrected chi connectivity index (χ4v) is 2.15. The number of hydroxylamine groups is 1. The Hall–Kier alpha value is -2.07. The van der Waals surface area contributed by atoms with Gasteiger partial charge in [0, 0.05) is 5.56 Å². The van der Waals surface area contributed by atoms with Crippen LogP contribution in [0.4, 0.5) is 0 Å². The minimum atomic E-state index is -0.535. The topological polar surface area (TPSA) is 67.4 Å². The third-order valence-corrected chi connectivity index (χ3v) is 3.83. The van der Waals surface area contributed by atoms with E-state index >= 15 is 0 Å². The molecule has 0 saturated heterocycles. The van der Waals surface area contributed by atoms with E-state index in [4.69, 9.17) is 4.84 Å². The van der Waals surface area contributed by atoms with Crippen molar-refractivity contribution in [3.63, 3.8) is 0 Å². The monoisotopic (exact) mass is 344 g/mol. The van der Waals surface area contributed by atoms with Crippen molar-refractivity contribution in [2.45, 2.75) is 19.6 Å².